The number of benzene rings is 1. The van der Waals surface area contributed by atoms with Gasteiger partial charge in [0.1, 0.15) is 0 Å². The van der Waals surface area contributed by atoms with Gasteiger partial charge in [0, 0.05) is 17.6 Å². The van der Waals surface area contributed by atoms with E-state index in [0.717, 1.165) is 6.07 Å². The molecule has 1 unspecified atom stereocenters. The van der Waals surface area contributed by atoms with Crippen LogP contribution in [0.5, 0.6) is 0 Å². The molecule has 19 heavy (non-hydrogen) atoms. The van der Waals surface area contributed by atoms with Crippen molar-refractivity contribution in [2.45, 2.75) is 17.9 Å². The van der Waals surface area contributed by atoms with Gasteiger partial charge >= 0.3 is 5.97 Å². The molecule has 1 atom stereocenters. The zero-order valence-electron chi connectivity index (χ0n) is 10.4. The molecule has 1 aromatic carbocycles. The highest BCUT2D eigenvalue weighted by atomic mass is 79.9. The summed E-state index contributed by atoms with van der Waals surface area (Å²) in [5.41, 5.74) is -0.0945. The second kappa shape index (κ2) is 6.47. The lowest BCUT2D eigenvalue weighted by Crippen LogP contribution is -2.35. The van der Waals surface area contributed by atoms with Crippen LogP contribution >= 0.6 is 15.9 Å². The minimum atomic E-state index is -3.81. The van der Waals surface area contributed by atoms with Crippen LogP contribution in [0.15, 0.2) is 27.6 Å². The predicted octanol–water partition coefficient (Wildman–Crippen LogP) is 1.46. The average molecular weight is 352 g/mol. The first-order chi connectivity index (χ1) is 8.77. The third kappa shape index (κ3) is 4.27. The maximum absolute atomic E-state index is 12.1. The number of carbonyl (C=O) groups is 1. The van der Waals surface area contributed by atoms with E-state index in [2.05, 4.69) is 20.7 Å². The monoisotopic (exact) mass is 351 g/mol. The maximum Gasteiger partial charge on any atom is 0.335 e. The van der Waals surface area contributed by atoms with Crippen molar-refractivity contribution >= 4 is 31.9 Å². The van der Waals surface area contributed by atoms with Crippen molar-refractivity contribution in [1.82, 2.24) is 4.72 Å². The summed E-state index contributed by atoms with van der Waals surface area (Å²) >= 11 is 3.10. The molecule has 0 aliphatic heterocycles. The van der Waals surface area contributed by atoms with Gasteiger partial charge in [0.25, 0.3) is 0 Å². The molecule has 2 N–H and O–H groups in total. The van der Waals surface area contributed by atoms with Crippen molar-refractivity contribution in [2.24, 2.45) is 0 Å². The van der Waals surface area contributed by atoms with Gasteiger partial charge in [-0.05, 0) is 41.1 Å². The molecule has 8 heteroatoms. The Kier molecular flexibility index (Phi) is 5.48. The Morgan fingerprint density at radius 3 is 2.68 bits per heavy atom. The van der Waals surface area contributed by atoms with Crippen LogP contribution in [0.25, 0.3) is 0 Å². The second-order valence-corrected chi connectivity index (χ2v) is 6.46. The summed E-state index contributed by atoms with van der Waals surface area (Å²) in [5, 5.41) is 8.88. The molecule has 0 aromatic heterocycles. The minimum absolute atomic E-state index is 0.0945. The molecular formula is C11H14BrNO5S. The van der Waals surface area contributed by atoms with Gasteiger partial charge in [-0.1, -0.05) is 0 Å². The summed E-state index contributed by atoms with van der Waals surface area (Å²) in [5.74, 6) is -1.19. The number of hydrogen-bond donors (Lipinski definition) is 2. The molecular weight excluding hydrogens is 338 g/mol. The van der Waals surface area contributed by atoms with Crippen LogP contribution in [0, 0.1) is 0 Å². The molecule has 0 aliphatic carbocycles. The van der Waals surface area contributed by atoms with Crippen molar-refractivity contribution in [3.05, 3.63) is 28.2 Å². The molecule has 1 aromatic rings. The summed E-state index contributed by atoms with van der Waals surface area (Å²) in [6.07, 6.45) is 0. The summed E-state index contributed by atoms with van der Waals surface area (Å²) in [7, 11) is -2.34. The van der Waals surface area contributed by atoms with Crippen LogP contribution in [-0.4, -0.2) is 39.3 Å². The lowest BCUT2D eigenvalue weighted by molar-refractivity contribution is 0.0696. The number of ether oxygens (including phenoxy) is 1. The normalized spacial score (nSPS) is 13.2. The lowest BCUT2D eigenvalue weighted by atomic mass is 10.2. The highest BCUT2D eigenvalue weighted by Crippen LogP contribution is 2.23. The van der Waals surface area contributed by atoms with Crippen LogP contribution in [-0.2, 0) is 14.8 Å². The van der Waals surface area contributed by atoms with E-state index in [1.165, 1.54) is 19.2 Å². The predicted molar refractivity (Wildman–Crippen MR) is 72.8 cm³/mol. The van der Waals surface area contributed by atoms with Gasteiger partial charge in [0.15, 0.2) is 0 Å². The van der Waals surface area contributed by atoms with Crippen molar-refractivity contribution in [1.29, 1.82) is 0 Å². The SMILES string of the molecule is COCC(C)NS(=O)(=O)c1cc(C(=O)O)ccc1Br. The Labute approximate surface area is 120 Å². The van der Waals surface area contributed by atoms with E-state index in [1.54, 1.807) is 6.92 Å². The van der Waals surface area contributed by atoms with Crippen LogP contribution < -0.4 is 4.72 Å². The summed E-state index contributed by atoms with van der Waals surface area (Å²) in [4.78, 5) is 10.8. The number of halogens is 1. The molecule has 6 nitrogen and oxygen atoms in total. The summed E-state index contributed by atoms with van der Waals surface area (Å²) in [6.45, 7) is 1.87. The number of rotatable bonds is 6. The lowest BCUT2D eigenvalue weighted by Gasteiger charge is -2.14. The first-order valence-corrected chi connectivity index (χ1v) is 7.59. The van der Waals surface area contributed by atoms with Crippen molar-refractivity contribution in [3.8, 4) is 0 Å². The van der Waals surface area contributed by atoms with Gasteiger partial charge in [-0.2, -0.15) is 0 Å². The minimum Gasteiger partial charge on any atom is -0.478 e. The number of carboxylic acid groups (broad SMARTS) is 1. The standard InChI is InChI=1S/C11H14BrNO5S/c1-7(6-18-2)13-19(16,17)10-5-8(11(14)15)3-4-9(10)12/h3-5,7,13H,6H2,1-2H3,(H,14,15). The van der Waals surface area contributed by atoms with Crippen LogP contribution in [0.3, 0.4) is 0 Å². The van der Waals surface area contributed by atoms with E-state index in [9.17, 15) is 13.2 Å². The highest BCUT2D eigenvalue weighted by molar-refractivity contribution is 9.10. The third-order valence-corrected chi connectivity index (χ3v) is 4.82. The van der Waals surface area contributed by atoms with Gasteiger partial charge in [0.2, 0.25) is 10.0 Å². The van der Waals surface area contributed by atoms with Gasteiger partial charge in [0.05, 0.1) is 17.1 Å². The molecule has 0 spiro atoms. The molecule has 0 bridgehead atoms. The molecule has 0 fully saturated rings. The topological polar surface area (TPSA) is 92.7 Å². The Balaban J connectivity index is 3.13. The van der Waals surface area contributed by atoms with Crippen LogP contribution in [0.2, 0.25) is 0 Å². The summed E-state index contributed by atoms with van der Waals surface area (Å²) in [6, 6.07) is 3.40. The highest BCUT2D eigenvalue weighted by Gasteiger charge is 2.21. The fourth-order valence-electron chi connectivity index (χ4n) is 1.45. The molecule has 0 saturated carbocycles. The van der Waals surface area contributed by atoms with Gasteiger partial charge in [-0.25, -0.2) is 17.9 Å². The van der Waals surface area contributed by atoms with Gasteiger partial charge in [-0.15, -0.1) is 0 Å². The Morgan fingerprint density at radius 2 is 2.16 bits per heavy atom. The van der Waals surface area contributed by atoms with E-state index in [0.29, 0.717) is 4.47 Å². The molecule has 0 saturated heterocycles. The first-order valence-electron chi connectivity index (χ1n) is 5.32. The fraction of sp³-hybridized carbons (Fsp3) is 0.364. The molecule has 1 rings (SSSR count). The van der Waals surface area contributed by atoms with E-state index in [-0.39, 0.29) is 17.1 Å². The number of nitrogens with one attached hydrogen (secondary N) is 1. The molecule has 0 radical (unpaired) electrons. The van der Waals surface area contributed by atoms with E-state index < -0.39 is 22.0 Å². The zero-order chi connectivity index (χ0) is 14.6. The molecule has 0 aliphatic rings. The second-order valence-electron chi connectivity index (χ2n) is 3.93. The van der Waals surface area contributed by atoms with Crippen molar-refractivity contribution in [2.75, 3.05) is 13.7 Å². The number of sulfonamides is 1. The third-order valence-electron chi connectivity index (χ3n) is 2.24. The van der Waals surface area contributed by atoms with Crippen LogP contribution in [0.4, 0.5) is 0 Å². The number of hydrogen-bond acceptors (Lipinski definition) is 4. The van der Waals surface area contributed by atoms with Gasteiger partial charge < -0.3 is 9.84 Å². The average Bonchev–Trinajstić information content (AvgIpc) is 2.28. The zero-order valence-corrected chi connectivity index (χ0v) is 12.8. The smallest absolute Gasteiger partial charge is 0.335 e. The van der Waals surface area contributed by atoms with E-state index in [4.69, 9.17) is 9.84 Å². The number of methoxy groups -OCH3 is 1. The van der Waals surface area contributed by atoms with Gasteiger partial charge in [-0.3, -0.25) is 0 Å². The number of carboxylic acids is 1. The fourth-order valence-corrected chi connectivity index (χ4v) is 3.67. The Hall–Kier alpha value is -0.960. The largest absolute Gasteiger partial charge is 0.478 e. The van der Waals surface area contributed by atoms with E-state index in [1.807, 2.05) is 0 Å². The summed E-state index contributed by atoms with van der Waals surface area (Å²) < 4.78 is 31.8. The van der Waals surface area contributed by atoms with Crippen molar-refractivity contribution < 1.29 is 23.1 Å². The molecule has 0 amide bonds. The van der Waals surface area contributed by atoms with Crippen LogP contribution in [0.1, 0.15) is 17.3 Å². The Bertz CT molecular complexity index is 572. The quantitative estimate of drug-likeness (QED) is 0.809. The van der Waals surface area contributed by atoms with Crippen molar-refractivity contribution in [3.63, 3.8) is 0 Å². The van der Waals surface area contributed by atoms with E-state index >= 15 is 0 Å². The maximum atomic E-state index is 12.1. The first kappa shape index (κ1) is 16.1. The number of aromatic carboxylic acids is 1. The molecule has 0 heterocycles. The molecule has 106 valence electrons. The Morgan fingerprint density at radius 1 is 1.53 bits per heavy atom.